The quantitative estimate of drug-likeness (QED) is 0.857. The molecule has 0 aromatic carbocycles. The lowest BCUT2D eigenvalue weighted by molar-refractivity contribution is -0.136. The number of carbonyl (C=O) groups is 1. The first kappa shape index (κ1) is 18.1. The smallest absolute Gasteiger partial charge is 0.225 e. The lowest BCUT2D eigenvalue weighted by Crippen LogP contribution is -2.38. The number of hydrogen-bond acceptors (Lipinski definition) is 2. The van der Waals surface area contributed by atoms with E-state index in [9.17, 15) is 4.79 Å². The van der Waals surface area contributed by atoms with Gasteiger partial charge in [-0.3, -0.25) is 4.79 Å². The third-order valence-electron chi connectivity index (χ3n) is 6.39. The lowest BCUT2D eigenvalue weighted by Gasteiger charge is -2.31. The van der Waals surface area contributed by atoms with E-state index in [0.717, 1.165) is 31.8 Å². The molecule has 3 atom stereocenters. The summed E-state index contributed by atoms with van der Waals surface area (Å²) in [4.78, 5) is 14.9. The third-order valence-corrected chi connectivity index (χ3v) is 6.39. The first-order chi connectivity index (χ1) is 10.2. The number of unbranched alkanes of at least 4 members (excludes halogenated alkanes) is 1. The van der Waals surface area contributed by atoms with E-state index in [2.05, 4.69) is 11.8 Å². The molecule has 0 radical (unpaired) electrons. The maximum Gasteiger partial charge on any atom is 0.225 e. The van der Waals surface area contributed by atoms with Crippen molar-refractivity contribution < 1.29 is 4.79 Å². The molecule has 2 saturated carbocycles. The summed E-state index contributed by atoms with van der Waals surface area (Å²) in [6.07, 6.45) is 11.2. The van der Waals surface area contributed by atoms with E-state index in [0.29, 0.717) is 29.7 Å². The maximum atomic E-state index is 12.7. The second kappa shape index (κ2) is 8.01. The van der Waals surface area contributed by atoms with Gasteiger partial charge in [-0.15, -0.1) is 12.4 Å². The van der Waals surface area contributed by atoms with Crippen LogP contribution in [-0.4, -0.2) is 29.9 Å². The number of fused-ring (bicyclic) bond motifs is 1. The number of likely N-dealkylation sites (tertiary alicyclic amines) is 1. The highest BCUT2D eigenvalue weighted by molar-refractivity contribution is 5.85. The summed E-state index contributed by atoms with van der Waals surface area (Å²) < 4.78 is 0. The van der Waals surface area contributed by atoms with Crippen molar-refractivity contribution in [2.24, 2.45) is 29.4 Å². The Labute approximate surface area is 141 Å². The number of nitrogens with two attached hydrogens (primary N) is 1. The zero-order chi connectivity index (χ0) is 14.8. The van der Waals surface area contributed by atoms with Crippen molar-refractivity contribution in [1.29, 1.82) is 0 Å². The van der Waals surface area contributed by atoms with Gasteiger partial charge in [-0.05, 0) is 56.3 Å². The van der Waals surface area contributed by atoms with Crippen LogP contribution in [0.25, 0.3) is 0 Å². The van der Waals surface area contributed by atoms with E-state index < -0.39 is 0 Å². The number of rotatable bonds is 4. The van der Waals surface area contributed by atoms with Crippen LogP contribution >= 0.6 is 12.4 Å². The number of hydrogen-bond donors (Lipinski definition) is 1. The molecule has 2 aliphatic carbocycles. The van der Waals surface area contributed by atoms with Crippen LogP contribution < -0.4 is 5.73 Å². The van der Waals surface area contributed by atoms with Crippen LogP contribution in [0.4, 0.5) is 0 Å². The number of halogens is 1. The fourth-order valence-corrected chi connectivity index (χ4v) is 4.94. The maximum absolute atomic E-state index is 12.7. The lowest BCUT2D eigenvalue weighted by atomic mass is 9.79. The second-order valence-corrected chi connectivity index (χ2v) is 7.77. The molecule has 3 unspecified atom stereocenters. The summed E-state index contributed by atoms with van der Waals surface area (Å²) in [5.74, 6) is 2.95. The fourth-order valence-electron chi connectivity index (χ4n) is 4.94. The minimum atomic E-state index is 0. The second-order valence-electron chi connectivity index (χ2n) is 7.77. The minimum absolute atomic E-state index is 0. The van der Waals surface area contributed by atoms with Gasteiger partial charge in [-0.2, -0.15) is 0 Å². The van der Waals surface area contributed by atoms with E-state index >= 15 is 0 Å². The molecule has 1 heterocycles. The Morgan fingerprint density at radius 2 is 1.82 bits per heavy atom. The zero-order valence-corrected chi connectivity index (χ0v) is 14.8. The van der Waals surface area contributed by atoms with Crippen LogP contribution in [0, 0.1) is 23.7 Å². The van der Waals surface area contributed by atoms with Crippen LogP contribution in [0.5, 0.6) is 0 Å². The molecule has 0 aromatic rings. The molecule has 4 heteroatoms. The summed E-state index contributed by atoms with van der Waals surface area (Å²) in [5.41, 5.74) is 6.19. The zero-order valence-electron chi connectivity index (χ0n) is 14.0. The van der Waals surface area contributed by atoms with Crippen LogP contribution in [0.3, 0.4) is 0 Å². The molecular weight excluding hydrogens is 296 g/mol. The Balaban J connectivity index is 0.00000176. The number of amides is 1. The molecule has 3 fully saturated rings. The molecule has 2 N–H and O–H groups in total. The Morgan fingerprint density at radius 3 is 2.45 bits per heavy atom. The van der Waals surface area contributed by atoms with Crippen LogP contribution in [0.15, 0.2) is 0 Å². The molecule has 0 spiro atoms. The predicted octanol–water partition coefficient (Wildman–Crippen LogP) is 3.60. The molecule has 1 saturated heterocycles. The summed E-state index contributed by atoms with van der Waals surface area (Å²) in [7, 11) is 0. The van der Waals surface area contributed by atoms with Gasteiger partial charge in [0.15, 0.2) is 0 Å². The van der Waals surface area contributed by atoms with Gasteiger partial charge in [0.1, 0.15) is 0 Å². The summed E-state index contributed by atoms with van der Waals surface area (Å²) >= 11 is 0. The molecule has 1 aliphatic heterocycles. The van der Waals surface area contributed by atoms with E-state index in [1.807, 2.05) is 0 Å². The fraction of sp³-hybridized carbons (Fsp3) is 0.944. The molecule has 22 heavy (non-hydrogen) atoms. The number of nitrogens with zero attached hydrogens (tertiary/aromatic N) is 1. The van der Waals surface area contributed by atoms with Crippen LogP contribution in [0.2, 0.25) is 0 Å². The SMILES string of the molecule is CCCCC1CCC(C(=O)N2CC3CCC(N)C3C2)CC1.Cl. The highest BCUT2D eigenvalue weighted by Crippen LogP contribution is 2.39. The average molecular weight is 329 g/mol. The molecule has 128 valence electrons. The van der Waals surface area contributed by atoms with Crippen molar-refractivity contribution >= 4 is 18.3 Å². The van der Waals surface area contributed by atoms with Gasteiger partial charge >= 0.3 is 0 Å². The van der Waals surface area contributed by atoms with Gasteiger partial charge in [0, 0.05) is 25.0 Å². The predicted molar refractivity (Wildman–Crippen MR) is 93.0 cm³/mol. The first-order valence-corrected chi connectivity index (χ1v) is 9.23. The van der Waals surface area contributed by atoms with Gasteiger partial charge in [-0.25, -0.2) is 0 Å². The molecular formula is C18H33ClN2O. The van der Waals surface area contributed by atoms with Crippen LogP contribution in [0.1, 0.15) is 64.7 Å². The minimum Gasteiger partial charge on any atom is -0.342 e. The van der Waals surface area contributed by atoms with Gasteiger partial charge in [0.25, 0.3) is 0 Å². The van der Waals surface area contributed by atoms with Crippen molar-refractivity contribution in [2.75, 3.05) is 13.1 Å². The van der Waals surface area contributed by atoms with Crippen molar-refractivity contribution in [1.82, 2.24) is 4.90 Å². The van der Waals surface area contributed by atoms with Crippen molar-refractivity contribution in [3.8, 4) is 0 Å². The van der Waals surface area contributed by atoms with Crippen molar-refractivity contribution in [3.05, 3.63) is 0 Å². The van der Waals surface area contributed by atoms with Crippen LogP contribution in [-0.2, 0) is 4.79 Å². The summed E-state index contributed by atoms with van der Waals surface area (Å²) in [5, 5.41) is 0. The highest BCUT2D eigenvalue weighted by atomic mass is 35.5. The first-order valence-electron chi connectivity index (χ1n) is 9.23. The molecule has 0 aromatic heterocycles. The largest absolute Gasteiger partial charge is 0.342 e. The van der Waals surface area contributed by atoms with Gasteiger partial charge in [0.2, 0.25) is 5.91 Å². The summed E-state index contributed by atoms with van der Waals surface area (Å²) in [6.45, 7) is 4.21. The highest BCUT2D eigenvalue weighted by Gasteiger charge is 2.43. The van der Waals surface area contributed by atoms with E-state index in [-0.39, 0.29) is 12.4 Å². The molecule has 3 aliphatic rings. The van der Waals surface area contributed by atoms with Gasteiger partial charge in [-0.1, -0.05) is 26.2 Å². The van der Waals surface area contributed by atoms with E-state index in [1.54, 1.807) is 0 Å². The topological polar surface area (TPSA) is 46.3 Å². The Morgan fingerprint density at radius 1 is 1.09 bits per heavy atom. The van der Waals surface area contributed by atoms with Crippen molar-refractivity contribution in [3.63, 3.8) is 0 Å². The normalized spacial score (nSPS) is 37.7. The third kappa shape index (κ3) is 3.79. The molecule has 3 rings (SSSR count). The Kier molecular flexibility index (Phi) is 6.58. The van der Waals surface area contributed by atoms with Gasteiger partial charge < -0.3 is 10.6 Å². The van der Waals surface area contributed by atoms with E-state index in [4.69, 9.17) is 5.73 Å². The molecule has 1 amide bonds. The number of carbonyl (C=O) groups excluding carboxylic acids is 1. The standard InChI is InChI=1S/C18H32N2O.ClH/c1-2-3-4-13-5-7-14(8-6-13)18(21)20-11-15-9-10-17(19)16(15)12-20;/h13-17H,2-12,19H2,1H3;1H. The van der Waals surface area contributed by atoms with Gasteiger partial charge in [0.05, 0.1) is 0 Å². The monoisotopic (exact) mass is 328 g/mol. The van der Waals surface area contributed by atoms with E-state index in [1.165, 1.54) is 44.9 Å². The Hall–Kier alpha value is -0.280. The molecule has 3 nitrogen and oxygen atoms in total. The molecule has 0 bridgehead atoms. The summed E-state index contributed by atoms with van der Waals surface area (Å²) in [6, 6.07) is 0.345. The average Bonchev–Trinajstić information content (AvgIpc) is 3.07. The van der Waals surface area contributed by atoms with Crippen molar-refractivity contribution in [2.45, 2.75) is 70.8 Å². The Bertz CT molecular complexity index is 368.